The lowest BCUT2D eigenvalue weighted by atomic mass is 10.4. The molecule has 0 fully saturated rings. The van der Waals surface area contributed by atoms with Crippen LogP contribution in [0.3, 0.4) is 0 Å². The van der Waals surface area contributed by atoms with Crippen LogP contribution in [0, 0.1) is 27.7 Å². The van der Waals surface area contributed by atoms with E-state index in [0.717, 1.165) is 17.1 Å². The second-order valence-corrected chi connectivity index (χ2v) is 5.59. The van der Waals surface area contributed by atoms with Gasteiger partial charge in [-0.05, 0) is 46.1 Å². The molecule has 0 amide bonds. The summed E-state index contributed by atoms with van der Waals surface area (Å²) < 4.78 is 4.15. The van der Waals surface area contributed by atoms with Crippen molar-refractivity contribution in [1.29, 1.82) is 0 Å². The highest BCUT2D eigenvalue weighted by molar-refractivity contribution is 7.98. The van der Waals surface area contributed by atoms with Crippen molar-refractivity contribution in [2.24, 2.45) is 0 Å². The highest BCUT2D eigenvalue weighted by Gasteiger charge is 2.18. The Kier molecular flexibility index (Phi) is 3.80. The van der Waals surface area contributed by atoms with Crippen LogP contribution < -0.4 is 0 Å². The van der Waals surface area contributed by atoms with E-state index >= 15 is 0 Å². The number of hydrogen-bond acceptors (Lipinski definition) is 3. The Bertz CT molecular complexity index is 495. The fraction of sp³-hybridized carbons (Fsp3) is 0.538. The van der Waals surface area contributed by atoms with Crippen LogP contribution in [0.25, 0.3) is 0 Å². The summed E-state index contributed by atoms with van der Waals surface area (Å²) in [7, 11) is 0. The second-order valence-electron chi connectivity index (χ2n) is 4.68. The van der Waals surface area contributed by atoms with E-state index in [1.165, 1.54) is 11.4 Å². The Balaban J connectivity index is 2.46. The normalized spacial score (nSPS) is 11.4. The predicted octanol–water partition coefficient (Wildman–Crippen LogP) is 2.72. The van der Waals surface area contributed by atoms with Gasteiger partial charge in [0.25, 0.3) is 0 Å². The van der Waals surface area contributed by atoms with Crippen molar-refractivity contribution in [3.05, 3.63) is 34.9 Å². The van der Waals surface area contributed by atoms with E-state index in [4.69, 9.17) is 0 Å². The van der Waals surface area contributed by atoms with Gasteiger partial charge in [0.2, 0.25) is 0 Å². The van der Waals surface area contributed by atoms with Crippen LogP contribution >= 0.6 is 11.8 Å². The molecule has 0 saturated carbocycles. The summed E-state index contributed by atoms with van der Waals surface area (Å²) >= 11 is 1.81. The molecule has 2 aromatic rings. The molecule has 2 heterocycles. The fourth-order valence-corrected chi connectivity index (χ4v) is 2.87. The van der Waals surface area contributed by atoms with E-state index in [1.54, 1.807) is 0 Å². The smallest absolute Gasteiger partial charge is 0.152 e. The minimum atomic E-state index is 0.155. The van der Waals surface area contributed by atoms with Gasteiger partial charge in [0.1, 0.15) is 0 Å². The van der Waals surface area contributed by atoms with Crippen LogP contribution in [0.5, 0.6) is 0 Å². The van der Waals surface area contributed by atoms with Crippen molar-refractivity contribution < 1.29 is 0 Å². The molecular weight excluding hydrogens is 244 g/mol. The quantitative estimate of drug-likeness (QED) is 0.852. The summed E-state index contributed by atoms with van der Waals surface area (Å²) in [6.45, 7) is 8.25. The highest BCUT2D eigenvalue weighted by Crippen LogP contribution is 2.19. The third-order valence-electron chi connectivity index (χ3n) is 2.97. The third kappa shape index (κ3) is 2.46. The SMILES string of the molecule is CSCC(n1nc(C)cc1C)n1nc(C)cc1C. The zero-order valence-corrected chi connectivity index (χ0v) is 12.5. The van der Waals surface area contributed by atoms with Gasteiger partial charge < -0.3 is 0 Å². The fourth-order valence-electron chi connectivity index (χ4n) is 2.29. The number of aromatic nitrogens is 4. The van der Waals surface area contributed by atoms with Crippen molar-refractivity contribution in [1.82, 2.24) is 19.6 Å². The summed E-state index contributed by atoms with van der Waals surface area (Å²) in [5.41, 5.74) is 4.47. The lowest BCUT2D eigenvalue weighted by molar-refractivity contribution is 0.381. The first-order chi connectivity index (χ1) is 8.52. The third-order valence-corrected chi connectivity index (χ3v) is 3.60. The number of thioether (sulfide) groups is 1. The molecule has 0 aliphatic heterocycles. The van der Waals surface area contributed by atoms with Crippen molar-refractivity contribution in [2.75, 3.05) is 12.0 Å². The molecule has 98 valence electrons. The molecule has 0 aromatic carbocycles. The summed E-state index contributed by atoms with van der Waals surface area (Å²) in [5, 5.41) is 9.20. The number of nitrogens with zero attached hydrogens (tertiary/aromatic N) is 4. The lowest BCUT2D eigenvalue weighted by Gasteiger charge is -2.20. The van der Waals surface area contributed by atoms with Crippen LogP contribution in [0.2, 0.25) is 0 Å². The summed E-state index contributed by atoms with van der Waals surface area (Å²) in [4.78, 5) is 0. The molecular formula is C13H20N4S. The first kappa shape index (κ1) is 13.2. The van der Waals surface area contributed by atoms with Crippen LogP contribution in [-0.2, 0) is 0 Å². The largest absolute Gasteiger partial charge is 0.244 e. The Labute approximate surface area is 112 Å². The first-order valence-corrected chi connectivity index (χ1v) is 7.46. The average Bonchev–Trinajstić information content (AvgIpc) is 2.78. The Morgan fingerprint density at radius 3 is 1.72 bits per heavy atom. The standard InChI is InChI=1S/C13H20N4S/c1-9-6-11(3)16(14-9)13(8-18-5)17-12(4)7-10(2)15-17/h6-7,13H,8H2,1-5H3. The Morgan fingerprint density at radius 2 is 1.44 bits per heavy atom. The summed E-state index contributed by atoms with van der Waals surface area (Å²) in [5.74, 6) is 0.962. The predicted molar refractivity (Wildman–Crippen MR) is 76.2 cm³/mol. The molecule has 5 heteroatoms. The van der Waals surface area contributed by atoms with Gasteiger partial charge in [-0.3, -0.25) is 0 Å². The molecule has 0 bridgehead atoms. The lowest BCUT2D eigenvalue weighted by Crippen LogP contribution is -2.24. The molecule has 0 unspecified atom stereocenters. The van der Waals surface area contributed by atoms with E-state index in [2.05, 4.69) is 51.8 Å². The second kappa shape index (κ2) is 5.18. The van der Waals surface area contributed by atoms with E-state index < -0.39 is 0 Å². The van der Waals surface area contributed by atoms with Crippen LogP contribution in [-0.4, -0.2) is 31.6 Å². The van der Waals surface area contributed by atoms with Gasteiger partial charge in [0.15, 0.2) is 6.17 Å². The van der Waals surface area contributed by atoms with Gasteiger partial charge in [0, 0.05) is 17.1 Å². The van der Waals surface area contributed by atoms with Crippen LogP contribution in [0.15, 0.2) is 12.1 Å². The Hall–Kier alpha value is -1.23. The van der Waals surface area contributed by atoms with Gasteiger partial charge in [0.05, 0.1) is 11.4 Å². The number of rotatable bonds is 4. The molecule has 4 nitrogen and oxygen atoms in total. The van der Waals surface area contributed by atoms with Crippen LogP contribution in [0.1, 0.15) is 28.9 Å². The molecule has 2 rings (SSSR count). The minimum Gasteiger partial charge on any atom is -0.244 e. The van der Waals surface area contributed by atoms with E-state index in [1.807, 2.05) is 25.6 Å². The van der Waals surface area contributed by atoms with E-state index in [9.17, 15) is 0 Å². The van der Waals surface area contributed by atoms with Gasteiger partial charge in [-0.2, -0.15) is 22.0 Å². The van der Waals surface area contributed by atoms with Gasteiger partial charge >= 0.3 is 0 Å². The monoisotopic (exact) mass is 264 g/mol. The highest BCUT2D eigenvalue weighted by atomic mass is 32.2. The Morgan fingerprint density at radius 1 is 1.00 bits per heavy atom. The van der Waals surface area contributed by atoms with Crippen LogP contribution in [0.4, 0.5) is 0 Å². The molecule has 18 heavy (non-hydrogen) atoms. The molecule has 0 N–H and O–H groups in total. The van der Waals surface area contributed by atoms with Gasteiger partial charge in [-0.15, -0.1) is 0 Å². The molecule has 2 aromatic heterocycles. The maximum Gasteiger partial charge on any atom is 0.152 e. The van der Waals surface area contributed by atoms with Crippen molar-refractivity contribution in [3.8, 4) is 0 Å². The maximum absolute atomic E-state index is 4.60. The summed E-state index contributed by atoms with van der Waals surface area (Å²) in [6.07, 6.45) is 2.27. The van der Waals surface area contributed by atoms with E-state index in [-0.39, 0.29) is 6.17 Å². The van der Waals surface area contributed by atoms with E-state index in [0.29, 0.717) is 0 Å². The molecule has 0 aliphatic carbocycles. The number of hydrogen-bond donors (Lipinski definition) is 0. The number of aryl methyl sites for hydroxylation is 4. The minimum absolute atomic E-state index is 0.155. The topological polar surface area (TPSA) is 35.6 Å². The van der Waals surface area contributed by atoms with Gasteiger partial charge in [-0.1, -0.05) is 0 Å². The first-order valence-electron chi connectivity index (χ1n) is 6.07. The molecule has 0 saturated heterocycles. The maximum atomic E-state index is 4.60. The zero-order chi connectivity index (χ0) is 13.3. The summed E-state index contributed by atoms with van der Waals surface area (Å²) in [6, 6.07) is 4.22. The molecule has 0 aliphatic rings. The molecule has 0 radical (unpaired) electrons. The average molecular weight is 264 g/mol. The zero-order valence-electron chi connectivity index (χ0n) is 11.6. The molecule has 0 spiro atoms. The van der Waals surface area contributed by atoms with Crippen molar-refractivity contribution in [3.63, 3.8) is 0 Å². The van der Waals surface area contributed by atoms with Crippen molar-refractivity contribution in [2.45, 2.75) is 33.9 Å². The molecule has 0 atom stereocenters. The van der Waals surface area contributed by atoms with Gasteiger partial charge in [-0.25, -0.2) is 9.36 Å². The van der Waals surface area contributed by atoms with Crippen molar-refractivity contribution >= 4 is 11.8 Å².